The molecule has 1 nitrogen and oxygen atoms in total. The molecule has 0 aliphatic carbocycles. The first-order chi connectivity index (χ1) is 7.54. The van der Waals surface area contributed by atoms with Crippen molar-refractivity contribution in [1.82, 2.24) is 5.32 Å². The number of rotatable bonds is 5. The summed E-state index contributed by atoms with van der Waals surface area (Å²) in [6.45, 7) is 6.94. The molecule has 90 valence electrons. The molecule has 16 heavy (non-hydrogen) atoms. The summed E-state index contributed by atoms with van der Waals surface area (Å²) in [6.07, 6.45) is 0. The molecule has 0 aromatic heterocycles. The van der Waals surface area contributed by atoms with E-state index in [0.717, 1.165) is 12.6 Å². The average molecular weight is 245 g/mol. The van der Waals surface area contributed by atoms with Crippen molar-refractivity contribution in [3.63, 3.8) is 0 Å². The Labute approximate surface area is 99.6 Å². The second-order valence-electron chi connectivity index (χ2n) is 3.74. The summed E-state index contributed by atoms with van der Waals surface area (Å²) in [5, 5.41) is 3.45. The highest BCUT2D eigenvalue weighted by Crippen LogP contribution is 2.28. The van der Waals surface area contributed by atoms with Gasteiger partial charge in [0.25, 0.3) is 0 Å². The van der Waals surface area contributed by atoms with E-state index in [0.29, 0.717) is 4.90 Å². The maximum atomic E-state index is 13.4. The predicted molar refractivity (Wildman–Crippen MR) is 64.8 cm³/mol. The molecule has 0 saturated heterocycles. The molecule has 0 heterocycles. The summed E-state index contributed by atoms with van der Waals surface area (Å²) in [5.41, 5.74) is 0. The molecule has 1 N–H and O–H groups in total. The first-order valence-electron chi connectivity index (χ1n) is 5.39. The molecule has 1 aromatic rings. The summed E-state index contributed by atoms with van der Waals surface area (Å²) in [4.78, 5) is 0.372. The highest BCUT2D eigenvalue weighted by molar-refractivity contribution is 8.00. The molecule has 4 heteroatoms. The molecule has 0 radical (unpaired) electrons. The van der Waals surface area contributed by atoms with Crippen LogP contribution in [0.4, 0.5) is 8.78 Å². The van der Waals surface area contributed by atoms with Gasteiger partial charge < -0.3 is 5.32 Å². The van der Waals surface area contributed by atoms with Gasteiger partial charge in [0.05, 0.1) is 0 Å². The minimum Gasteiger partial charge on any atom is -0.313 e. The van der Waals surface area contributed by atoms with Crippen LogP contribution in [0.5, 0.6) is 0 Å². The van der Waals surface area contributed by atoms with E-state index in [-0.39, 0.29) is 17.1 Å². The van der Waals surface area contributed by atoms with E-state index in [4.69, 9.17) is 0 Å². The van der Waals surface area contributed by atoms with E-state index in [1.807, 2.05) is 20.8 Å². The molecule has 0 bridgehead atoms. The Kier molecular flexibility index (Phi) is 5.22. The van der Waals surface area contributed by atoms with Gasteiger partial charge in [0, 0.05) is 16.2 Å². The smallest absolute Gasteiger partial charge is 0.136 e. The maximum Gasteiger partial charge on any atom is 0.136 e. The fourth-order valence-corrected chi connectivity index (χ4v) is 2.42. The highest BCUT2D eigenvalue weighted by Gasteiger charge is 2.15. The minimum absolute atomic E-state index is 0.191. The Morgan fingerprint density at radius 1 is 1.31 bits per heavy atom. The SMILES string of the molecule is CCNC(C)C(C)Sc1cc(F)ccc1F. The zero-order valence-electron chi connectivity index (χ0n) is 9.76. The van der Waals surface area contributed by atoms with Gasteiger partial charge >= 0.3 is 0 Å². The summed E-state index contributed by atoms with van der Waals surface area (Å²) < 4.78 is 26.3. The number of hydrogen-bond acceptors (Lipinski definition) is 2. The lowest BCUT2D eigenvalue weighted by atomic mass is 10.2. The van der Waals surface area contributed by atoms with E-state index >= 15 is 0 Å². The normalized spacial score (nSPS) is 14.8. The van der Waals surface area contributed by atoms with Gasteiger partial charge in [-0.25, -0.2) is 8.78 Å². The van der Waals surface area contributed by atoms with Crippen LogP contribution >= 0.6 is 11.8 Å². The van der Waals surface area contributed by atoms with Crippen molar-refractivity contribution in [2.24, 2.45) is 0 Å². The van der Waals surface area contributed by atoms with Crippen LogP contribution in [-0.2, 0) is 0 Å². The van der Waals surface area contributed by atoms with Gasteiger partial charge in [-0.2, -0.15) is 0 Å². The van der Waals surface area contributed by atoms with E-state index in [9.17, 15) is 8.78 Å². The van der Waals surface area contributed by atoms with Crippen LogP contribution in [0.25, 0.3) is 0 Å². The van der Waals surface area contributed by atoms with Crippen LogP contribution < -0.4 is 5.32 Å². The first kappa shape index (κ1) is 13.5. The van der Waals surface area contributed by atoms with Crippen LogP contribution in [0.2, 0.25) is 0 Å². The molecule has 0 saturated carbocycles. The quantitative estimate of drug-likeness (QED) is 0.797. The molecular weight excluding hydrogens is 228 g/mol. The monoisotopic (exact) mass is 245 g/mol. The second-order valence-corrected chi connectivity index (χ2v) is 5.16. The summed E-state index contributed by atoms with van der Waals surface area (Å²) in [7, 11) is 0. The zero-order chi connectivity index (χ0) is 12.1. The molecule has 1 rings (SSSR count). The third-order valence-corrected chi connectivity index (χ3v) is 3.78. The lowest BCUT2D eigenvalue weighted by molar-refractivity contribution is 0.557. The predicted octanol–water partition coefficient (Wildman–Crippen LogP) is 3.44. The van der Waals surface area contributed by atoms with Crippen LogP contribution in [-0.4, -0.2) is 17.8 Å². The van der Waals surface area contributed by atoms with Crippen molar-refractivity contribution < 1.29 is 8.78 Å². The van der Waals surface area contributed by atoms with Crippen molar-refractivity contribution in [1.29, 1.82) is 0 Å². The van der Waals surface area contributed by atoms with Crippen molar-refractivity contribution in [3.05, 3.63) is 29.8 Å². The number of benzene rings is 1. The van der Waals surface area contributed by atoms with Gasteiger partial charge in [0.2, 0.25) is 0 Å². The van der Waals surface area contributed by atoms with Gasteiger partial charge in [0.1, 0.15) is 11.6 Å². The topological polar surface area (TPSA) is 12.0 Å². The molecule has 0 aliphatic heterocycles. The minimum atomic E-state index is -0.396. The van der Waals surface area contributed by atoms with Crippen molar-refractivity contribution in [3.8, 4) is 0 Å². The van der Waals surface area contributed by atoms with E-state index in [1.165, 1.54) is 23.9 Å². The molecule has 2 unspecified atom stereocenters. The van der Waals surface area contributed by atoms with Crippen molar-refractivity contribution in [2.75, 3.05) is 6.54 Å². The lowest BCUT2D eigenvalue weighted by Crippen LogP contribution is -2.33. The lowest BCUT2D eigenvalue weighted by Gasteiger charge is -2.20. The molecular formula is C12H17F2NS. The summed E-state index contributed by atoms with van der Waals surface area (Å²) in [6, 6.07) is 3.81. The fraction of sp³-hybridized carbons (Fsp3) is 0.500. The van der Waals surface area contributed by atoms with Gasteiger partial charge in [0.15, 0.2) is 0 Å². The largest absolute Gasteiger partial charge is 0.313 e. The number of halogens is 2. The number of nitrogens with one attached hydrogen (secondary N) is 1. The summed E-state index contributed by atoms with van der Waals surface area (Å²) in [5.74, 6) is -0.755. The van der Waals surface area contributed by atoms with Crippen LogP contribution in [0.1, 0.15) is 20.8 Å². The molecule has 0 spiro atoms. The molecule has 0 aliphatic rings. The second kappa shape index (κ2) is 6.21. The Hall–Kier alpha value is -0.610. The number of thioether (sulfide) groups is 1. The van der Waals surface area contributed by atoms with Crippen LogP contribution in [0.3, 0.4) is 0 Å². The maximum absolute atomic E-state index is 13.4. The molecule has 1 aromatic carbocycles. The Morgan fingerprint density at radius 3 is 2.62 bits per heavy atom. The van der Waals surface area contributed by atoms with Crippen LogP contribution in [0.15, 0.2) is 23.1 Å². The van der Waals surface area contributed by atoms with E-state index in [1.54, 1.807) is 0 Å². The van der Waals surface area contributed by atoms with Crippen LogP contribution in [0, 0.1) is 11.6 Å². The van der Waals surface area contributed by atoms with Gasteiger partial charge in [-0.1, -0.05) is 13.8 Å². The Morgan fingerprint density at radius 2 is 2.00 bits per heavy atom. The molecule has 2 atom stereocenters. The van der Waals surface area contributed by atoms with E-state index in [2.05, 4.69) is 5.32 Å². The Balaban J connectivity index is 2.68. The fourth-order valence-electron chi connectivity index (χ4n) is 1.36. The van der Waals surface area contributed by atoms with Gasteiger partial charge in [-0.3, -0.25) is 0 Å². The Bertz CT molecular complexity index is 344. The summed E-state index contributed by atoms with van der Waals surface area (Å²) >= 11 is 1.35. The van der Waals surface area contributed by atoms with Gasteiger partial charge in [-0.05, 0) is 31.7 Å². The molecule has 0 fully saturated rings. The molecule has 0 amide bonds. The van der Waals surface area contributed by atoms with Crippen molar-refractivity contribution >= 4 is 11.8 Å². The first-order valence-corrected chi connectivity index (χ1v) is 6.27. The zero-order valence-corrected chi connectivity index (χ0v) is 10.6. The number of hydrogen-bond donors (Lipinski definition) is 1. The van der Waals surface area contributed by atoms with Crippen molar-refractivity contribution in [2.45, 2.75) is 37.0 Å². The van der Waals surface area contributed by atoms with Gasteiger partial charge in [-0.15, -0.1) is 11.8 Å². The third kappa shape index (κ3) is 3.76. The average Bonchev–Trinajstić information content (AvgIpc) is 2.23. The third-order valence-electron chi connectivity index (χ3n) is 2.44. The standard InChI is InChI=1S/C12H17F2NS/c1-4-15-8(2)9(3)16-12-7-10(13)5-6-11(12)14/h5-9,15H,4H2,1-3H3. The highest BCUT2D eigenvalue weighted by atomic mass is 32.2. The van der Waals surface area contributed by atoms with E-state index < -0.39 is 5.82 Å².